The van der Waals surface area contributed by atoms with E-state index in [4.69, 9.17) is 10.5 Å². The summed E-state index contributed by atoms with van der Waals surface area (Å²) in [5, 5.41) is 2.23. The first-order chi connectivity index (χ1) is 18.9. The quantitative estimate of drug-likeness (QED) is 0.370. The number of amides is 5. The van der Waals surface area contributed by atoms with Crippen molar-refractivity contribution < 1.29 is 51.5 Å². The van der Waals surface area contributed by atoms with Crippen LogP contribution in [0.2, 0.25) is 0 Å². The Morgan fingerprint density at radius 2 is 1.70 bits per heavy atom. The maximum Gasteiger partial charge on any atom is 0.493 e. The van der Waals surface area contributed by atoms with Crippen LogP contribution in [0.4, 0.5) is 13.2 Å². The van der Waals surface area contributed by atoms with Gasteiger partial charge >= 0.3 is 12.1 Å². The third-order valence-corrected chi connectivity index (χ3v) is 6.07. The minimum Gasteiger partial charge on any atom is -0.483 e. The summed E-state index contributed by atoms with van der Waals surface area (Å²) in [5.41, 5.74) is 6.12. The van der Waals surface area contributed by atoms with E-state index < -0.39 is 60.9 Å². The first-order valence-corrected chi connectivity index (χ1v) is 11.8. The molecule has 12 nitrogen and oxygen atoms in total. The maximum absolute atomic E-state index is 13.1. The van der Waals surface area contributed by atoms with Crippen LogP contribution in [-0.4, -0.2) is 64.3 Å². The molecule has 15 heteroatoms. The highest BCUT2D eigenvalue weighted by atomic mass is 19.4. The molecule has 3 N–H and O–H groups in total. The lowest BCUT2D eigenvalue weighted by atomic mass is 10.0. The van der Waals surface area contributed by atoms with E-state index in [2.05, 4.69) is 10.2 Å². The second-order valence-corrected chi connectivity index (χ2v) is 8.74. The second kappa shape index (κ2) is 11.1. The number of piperidine rings is 1. The number of hydrogen-bond donors (Lipinski definition) is 2. The number of hydrogen-bond acceptors (Lipinski definition) is 9. The molecule has 40 heavy (non-hydrogen) atoms. The summed E-state index contributed by atoms with van der Waals surface area (Å²) in [6.45, 7) is -1.35. The summed E-state index contributed by atoms with van der Waals surface area (Å²) in [4.78, 5) is 79.1. The standard InChI is InChI=1S/C25H21F3N4O8/c26-25(27,28)24(38)40-31(11-14-6-4-13(10-29)5-7-14)19(34)12-39-17-3-1-2-15-20(17)23(37)32(22(15)36)16-8-9-18(33)30-21(16)35/h1-7,16H,8-12,29H2,(H,30,33,35). The maximum atomic E-state index is 13.1. The van der Waals surface area contributed by atoms with Crippen LogP contribution in [0.3, 0.4) is 0 Å². The van der Waals surface area contributed by atoms with Gasteiger partial charge in [0.15, 0.2) is 6.61 Å². The molecule has 1 atom stereocenters. The average Bonchev–Trinajstić information content (AvgIpc) is 3.16. The summed E-state index contributed by atoms with van der Waals surface area (Å²) in [6, 6.07) is 8.71. The van der Waals surface area contributed by atoms with Gasteiger partial charge in [0.05, 0.1) is 17.7 Å². The fourth-order valence-electron chi connectivity index (χ4n) is 4.09. The molecule has 0 saturated carbocycles. The number of rotatable bonds is 7. The minimum absolute atomic E-state index is 0.0867. The Morgan fingerprint density at radius 3 is 2.33 bits per heavy atom. The van der Waals surface area contributed by atoms with Crippen molar-refractivity contribution in [1.82, 2.24) is 15.3 Å². The minimum atomic E-state index is -5.39. The molecule has 1 fully saturated rings. The molecule has 5 amide bonds. The van der Waals surface area contributed by atoms with Crippen LogP contribution in [0, 0.1) is 0 Å². The molecule has 0 radical (unpaired) electrons. The molecule has 2 heterocycles. The predicted octanol–water partition coefficient (Wildman–Crippen LogP) is 0.975. The molecule has 2 aromatic rings. The van der Waals surface area contributed by atoms with Crippen molar-refractivity contribution in [3.05, 3.63) is 64.7 Å². The number of halogens is 3. The lowest BCUT2D eigenvalue weighted by molar-refractivity contribution is -0.239. The molecule has 0 spiro atoms. The monoisotopic (exact) mass is 562 g/mol. The highest BCUT2D eigenvalue weighted by Gasteiger charge is 2.46. The van der Waals surface area contributed by atoms with Crippen molar-refractivity contribution in [2.75, 3.05) is 6.61 Å². The Hall–Kier alpha value is -4.79. The van der Waals surface area contributed by atoms with Crippen LogP contribution < -0.4 is 15.8 Å². The van der Waals surface area contributed by atoms with Gasteiger partial charge in [0, 0.05) is 13.0 Å². The van der Waals surface area contributed by atoms with Gasteiger partial charge in [-0.25, -0.2) is 4.79 Å². The molecular weight excluding hydrogens is 541 g/mol. The Balaban J connectivity index is 1.52. The molecule has 0 bridgehead atoms. The fourth-order valence-corrected chi connectivity index (χ4v) is 4.09. The van der Waals surface area contributed by atoms with E-state index in [1.807, 2.05) is 0 Å². The lowest BCUT2D eigenvalue weighted by Crippen LogP contribution is -2.54. The number of nitrogens with two attached hydrogens (primary N) is 1. The van der Waals surface area contributed by atoms with Gasteiger partial charge in [0.2, 0.25) is 11.8 Å². The van der Waals surface area contributed by atoms with Gasteiger partial charge < -0.3 is 15.3 Å². The van der Waals surface area contributed by atoms with Crippen molar-refractivity contribution in [3.63, 3.8) is 0 Å². The van der Waals surface area contributed by atoms with E-state index in [0.29, 0.717) is 16.0 Å². The van der Waals surface area contributed by atoms with Crippen molar-refractivity contribution in [2.24, 2.45) is 5.73 Å². The lowest BCUT2D eigenvalue weighted by Gasteiger charge is -2.27. The van der Waals surface area contributed by atoms with E-state index >= 15 is 0 Å². The number of carbonyl (C=O) groups is 6. The number of fused-ring (bicyclic) bond motifs is 1. The average molecular weight is 562 g/mol. The van der Waals surface area contributed by atoms with E-state index in [9.17, 15) is 41.9 Å². The molecule has 2 aliphatic heterocycles. The van der Waals surface area contributed by atoms with Crippen molar-refractivity contribution in [1.29, 1.82) is 0 Å². The highest BCUT2D eigenvalue weighted by Crippen LogP contribution is 2.33. The molecule has 210 valence electrons. The van der Waals surface area contributed by atoms with E-state index in [0.717, 1.165) is 0 Å². The van der Waals surface area contributed by atoms with Gasteiger partial charge in [0.1, 0.15) is 11.8 Å². The van der Waals surface area contributed by atoms with Crippen LogP contribution in [0.5, 0.6) is 5.75 Å². The predicted molar refractivity (Wildman–Crippen MR) is 126 cm³/mol. The van der Waals surface area contributed by atoms with Gasteiger partial charge in [0.25, 0.3) is 17.7 Å². The zero-order valence-electron chi connectivity index (χ0n) is 20.5. The SMILES string of the molecule is NCc1ccc(CN(OC(=O)C(F)(F)F)C(=O)COc2cccc3c2C(=O)N(C2CCC(=O)NC2=O)C3=O)cc1. The van der Waals surface area contributed by atoms with Gasteiger partial charge in [-0.1, -0.05) is 30.3 Å². The largest absolute Gasteiger partial charge is 0.493 e. The summed E-state index contributed by atoms with van der Waals surface area (Å²) in [6.07, 6.45) is -5.57. The Kier molecular flexibility index (Phi) is 7.86. The molecular formula is C25H21F3N4O8. The number of nitrogens with zero attached hydrogens (tertiary/aromatic N) is 2. The molecule has 0 aromatic heterocycles. The van der Waals surface area contributed by atoms with Crippen molar-refractivity contribution in [3.8, 4) is 5.75 Å². The first-order valence-electron chi connectivity index (χ1n) is 11.8. The number of imide groups is 2. The van der Waals surface area contributed by atoms with E-state index in [1.54, 1.807) is 12.1 Å². The number of hydroxylamine groups is 2. The fraction of sp³-hybridized carbons (Fsp3) is 0.280. The summed E-state index contributed by atoms with van der Waals surface area (Å²) >= 11 is 0. The molecule has 2 aliphatic rings. The molecule has 1 saturated heterocycles. The summed E-state index contributed by atoms with van der Waals surface area (Å²) in [7, 11) is 0. The zero-order chi connectivity index (χ0) is 29.2. The Labute approximate surface area is 223 Å². The van der Waals surface area contributed by atoms with Crippen molar-refractivity contribution in [2.45, 2.75) is 38.1 Å². The van der Waals surface area contributed by atoms with Gasteiger partial charge in [-0.15, -0.1) is 0 Å². The van der Waals surface area contributed by atoms with E-state index in [-0.39, 0.29) is 41.3 Å². The van der Waals surface area contributed by atoms with Crippen LogP contribution in [-0.2, 0) is 37.1 Å². The number of ether oxygens (including phenoxy) is 1. The molecule has 2 aromatic carbocycles. The van der Waals surface area contributed by atoms with Gasteiger partial charge in [-0.05, 0) is 29.7 Å². The third-order valence-electron chi connectivity index (χ3n) is 6.07. The van der Waals surface area contributed by atoms with E-state index in [1.165, 1.54) is 30.3 Å². The summed E-state index contributed by atoms with van der Waals surface area (Å²) < 4.78 is 44.0. The summed E-state index contributed by atoms with van der Waals surface area (Å²) in [5.74, 6) is -7.24. The molecule has 1 unspecified atom stereocenters. The number of alkyl halides is 3. The van der Waals surface area contributed by atoms with Crippen LogP contribution in [0.1, 0.15) is 44.7 Å². The molecule has 0 aliphatic carbocycles. The topological polar surface area (TPSA) is 165 Å². The normalized spacial score (nSPS) is 16.9. The number of benzene rings is 2. The van der Waals surface area contributed by atoms with Crippen molar-refractivity contribution >= 4 is 35.5 Å². The number of nitrogens with one attached hydrogen (secondary N) is 1. The van der Waals surface area contributed by atoms with Gasteiger partial charge in [-0.2, -0.15) is 18.2 Å². The Bertz CT molecular complexity index is 1390. The first kappa shape index (κ1) is 28.2. The van der Waals surface area contributed by atoms with Crippen LogP contribution in [0.15, 0.2) is 42.5 Å². The smallest absolute Gasteiger partial charge is 0.483 e. The number of carbonyl (C=O) groups excluding carboxylic acids is 6. The van der Waals surface area contributed by atoms with Crippen LogP contribution in [0.25, 0.3) is 0 Å². The van der Waals surface area contributed by atoms with Gasteiger partial charge in [-0.3, -0.25) is 34.2 Å². The molecule has 4 rings (SSSR count). The highest BCUT2D eigenvalue weighted by molar-refractivity contribution is 6.24. The zero-order valence-corrected chi connectivity index (χ0v) is 20.5. The third kappa shape index (κ3) is 5.78. The second-order valence-electron chi connectivity index (χ2n) is 8.74. The Morgan fingerprint density at radius 1 is 1.02 bits per heavy atom. The van der Waals surface area contributed by atoms with Crippen LogP contribution >= 0.6 is 0 Å².